The molecule has 0 saturated carbocycles. The minimum atomic E-state index is 0.278. The van der Waals surface area contributed by atoms with Crippen molar-refractivity contribution in [2.75, 3.05) is 13.2 Å². The molecule has 0 fully saturated rings. The molecule has 0 radical (unpaired) electrons. The normalized spacial score (nSPS) is 10.7. The third-order valence-electron chi connectivity index (χ3n) is 3.57. The highest BCUT2D eigenvalue weighted by Gasteiger charge is 2.04. The molecule has 0 unspecified atom stereocenters. The lowest BCUT2D eigenvalue weighted by Gasteiger charge is -2.10. The molecule has 0 saturated heterocycles. The van der Waals surface area contributed by atoms with Crippen molar-refractivity contribution in [3.05, 3.63) is 64.7 Å². The largest absolute Gasteiger partial charge is 0.487 e. The van der Waals surface area contributed by atoms with Crippen molar-refractivity contribution >= 4 is 11.6 Å². The second-order valence-corrected chi connectivity index (χ2v) is 5.91. The lowest BCUT2D eigenvalue weighted by molar-refractivity contribution is 0.283. The minimum Gasteiger partial charge on any atom is -0.487 e. The van der Waals surface area contributed by atoms with Crippen LogP contribution in [0.25, 0.3) is 0 Å². The SMILES string of the molecule is OCCCCCNCc1ccc(OCc2ccccc2)c(Cl)c1. The second-order valence-electron chi connectivity index (χ2n) is 5.50. The Morgan fingerprint density at radius 3 is 2.52 bits per heavy atom. The third kappa shape index (κ3) is 6.61. The Morgan fingerprint density at radius 2 is 1.78 bits per heavy atom. The molecule has 0 amide bonds. The van der Waals surface area contributed by atoms with Crippen molar-refractivity contribution in [2.24, 2.45) is 0 Å². The number of unbranched alkanes of at least 4 members (excludes halogenated alkanes) is 2. The first-order valence-corrected chi connectivity index (χ1v) is 8.44. The van der Waals surface area contributed by atoms with Crippen molar-refractivity contribution in [3.63, 3.8) is 0 Å². The van der Waals surface area contributed by atoms with E-state index in [4.69, 9.17) is 21.4 Å². The van der Waals surface area contributed by atoms with E-state index >= 15 is 0 Å². The topological polar surface area (TPSA) is 41.5 Å². The summed E-state index contributed by atoms with van der Waals surface area (Å²) in [5, 5.41) is 12.8. The van der Waals surface area contributed by atoms with Crippen LogP contribution in [0.5, 0.6) is 5.75 Å². The highest BCUT2D eigenvalue weighted by Crippen LogP contribution is 2.26. The number of nitrogens with one attached hydrogen (secondary N) is 1. The number of halogens is 1. The zero-order valence-electron chi connectivity index (χ0n) is 13.3. The van der Waals surface area contributed by atoms with Crippen LogP contribution in [0.3, 0.4) is 0 Å². The molecule has 2 aromatic carbocycles. The molecule has 23 heavy (non-hydrogen) atoms. The standard InChI is InChI=1S/C19H24ClNO2/c20-18-13-17(14-21-11-5-2-6-12-22)9-10-19(18)23-15-16-7-3-1-4-8-16/h1,3-4,7-10,13,21-22H,2,5-6,11-12,14-15H2. The van der Waals surface area contributed by atoms with E-state index < -0.39 is 0 Å². The van der Waals surface area contributed by atoms with Crippen molar-refractivity contribution < 1.29 is 9.84 Å². The highest BCUT2D eigenvalue weighted by atomic mass is 35.5. The van der Waals surface area contributed by atoms with Crippen LogP contribution < -0.4 is 10.1 Å². The third-order valence-corrected chi connectivity index (χ3v) is 3.87. The van der Waals surface area contributed by atoms with Crippen LogP contribution in [0.15, 0.2) is 48.5 Å². The molecule has 0 heterocycles. The predicted octanol–water partition coefficient (Wildman–Crippen LogP) is 4.17. The smallest absolute Gasteiger partial charge is 0.138 e. The number of hydrogen-bond acceptors (Lipinski definition) is 3. The van der Waals surface area contributed by atoms with Gasteiger partial charge in [0, 0.05) is 13.2 Å². The Bertz CT molecular complexity index is 575. The molecule has 0 atom stereocenters. The van der Waals surface area contributed by atoms with E-state index in [0.29, 0.717) is 17.4 Å². The fourth-order valence-corrected chi connectivity index (χ4v) is 2.54. The van der Waals surface area contributed by atoms with Crippen LogP contribution in [0.1, 0.15) is 30.4 Å². The summed E-state index contributed by atoms with van der Waals surface area (Å²) in [7, 11) is 0. The van der Waals surface area contributed by atoms with Crippen molar-refractivity contribution in [2.45, 2.75) is 32.4 Å². The monoisotopic (exact) mass is 333 g/mol. The maximum Gasteiger partial charge on any atom is 0.138 e. The number of ether oxygens (including phenoxy) is 1. The predicted molar refractivity (Wildman–Crippen MR) is 94.9 cm³/mol. The van der Waals surface area contributed by atoms with Gasteiger partial charge in [0.25, 0.3) is 0 Å². The molecule has 4 heteroatoms. The van der Waals surface area contributed by atoms with E-state index in [2.05, 4.69) is 5.32 Å². The van der Waals surface area contributed by atoms with Gasteiger partial charge in [0.15, 0.2) is 0 Å². The van der Waals surface area contributed by atoms with Gasteiger partial charge in [0.1, 0.15) is 12.4 Å². The van der Waals surface area contributed by atoms with Gasteiger partial charge in [-0.05, 0) is 49.1 Å². The van der Waals surface area contributed by atoms with E-state index in [1.807, 2.05) is 48.5 Å². The van der Waals surface area contributed by atoms with Gasteiger partial charge in [-0.2, -0.15) is 0 Å². The van der Waals surface area contributed by atoms with E-state index in [1.54, 1.807) is 0 Å². The van der Waals surface area contributed by atoms with Crippen molar-refractivity contribution in [1.82, 2.24) is 5.32 Å². The number of aliphatic hydroxyl groups is 1. The number of benzene rings is 2. The van der Waals surface area contributed by atoms with E-state index in [-0.39, 0.29) is 6.61 Å². The van der Waals surface area contributed by atoms with E-state index in [0.717, 1.165) is 43.5 Å². The molecule has 2 N–H and O–H groups in total. The molecule has 0 spiro atoms. The molecule has 2 aromatic rings. The second kappa shape index (κ2) is 10.3. The zero-order valence-corrected chi connectivity index (χ0v) is 14.1. The quantitative estimate of drug-likeness (QED) is 0.641. The molecular formula is C19H24ClNO2. The molecule has 0 aromatic heterocycles. The van der Waals surface area contributed by atoms with Gasteiger partial charge in [-0.1, -0.05) is 48.0 Å². The Balaban J connectivity index is 1.76. The summed E-state index contributed by atoms with van der Waals surface area (Å²) in [5.41, 5.74) is 2.27. The first-order valence-electron chi connectivity index (χ1n) is 8.06. The summed E-state index contributed by atoms with van der Waals surface area (Å²) in [6.07, 6.45) is 3.00. The maximum absolute atomic E-state index is 8.73. The van der Waals surface area contributed by atoms with Gasteiger partial charge in [-0.15, -0.1) is 0 Å². The zero-order chi connectivity index (χ0) is 16.3. The number of hydrogen-bond donors (Lipinski definition) is 2. The Morgan fingerprint density at radius 1 is 0.957 bits per heavy atom. The minimum absolute atomic E-state index is 0.278. The fourth-order valence-electron chi connectivity index (χ4n) is 2.28. The maximum atomic E-state index is 8.73. The summed E-state index contributed by atoms with van der Waals surface area (Å²) in [4.78, 5) is 0. The summed E-state index contributed by atoms with van der Waals surface area (Å²) in [6.45, 7) is 2.53. The summed E-state index contributed by atoms with van der Waals surface area (Å²) in [6, 6.07) is 15.9. The molecule has 0 bridgehead atoms. The van der Waals surface area contributed by atoms with Gasteiger partial charge in [-0.3, -0.25) is 0 Å². The first-order chi connectivity index (χ1) is 11.3. The van der Waals surface area contributed by atoms with Gasteiger partial charge < -0.3 is 15.2 Å². The number of rotatable bonds is 10. The summed E-state index contributed by atoms with van der Waals surface area (Å²) >= 11 is 6.30. The van der Waals surface area contributed by atoms with Crippen LogP contribution in [0, 0.1) is 0 Å². The molecule has 124 valence electrons. The highest BCUT2D eigenvalue weighted by molar-refractivity contribution is 6.32. The number of aliphatic hydroxyl groups excluding tert-OH is 1. The lowest BCUT2D eigenvalue weighted by atomic mass is 10.2. The average molecular weight is 334 g/mol. The van der Waals surface area contributed by atoms with Gasteiger partial charge in [-0.25, -0.2) is 0 Å². The Hall–Kier alpha value is -1.55. The van der Waals surface area contributed by atoms with Crippen LogP contribution in [0.4, 0.5) is 0 Å². The van der Waals surface area contributed by atoms with Crippen LogP contribution in [-0.4, -0.2) is 18.3 Å². The molecule has 2 rings (SSSR count). The van der Waals surface area contributed by atoms with Crippen LogP contribution in [0.2, 0.25) is 5.02 Å². The molecule has 0 aliphatic heterocycles. The average Bonchev–Trinajstić information content (AvgIpc) is 2.58. The molecule has 3 nitrogen and oxygen atoms in total. The van der Waals surface area contributed by atoms with Gasteiger partial charge in [0.05, 0.1) is 5.02 Å². The van der Waals surface area contributed by atoms with E-state index in [1.165, 1.54) is 0 Å². The Labute approximate surface area is 143 Å². The van der Waals surface area contributed by atoms with Crippen LogP contribution in [-0.2, 0) is 13.2 Å². The van der Waals surface area contributed by atoms with Crippen molar-refractivity contribution in [3.8, 4) is 5.75 Å². The summed E-state index contributed by atoms with van der Waals surface area (Å²) < 4.78 is 5.77. The summed E-state index contributed by atoms with van der Waals surface area (Å²) in [5.74, 6) is 0.710. The van der Waals surface area contributed by atoms with Gasteiger partial charge in [0.2, 0.25) is 0 Å². The van der Waals surface area contributed by atoms with Crippen molar-refractivity contribution in [1.29, 1.82) is 0 Å². The molecule has 0 aliphatic rings. The molecular weight excluding hydrogens is 310 g/mol. The fraction of sp³-hybridized carbons (Fsp3) is 0.368. The van der Waals surface area contributed by atoms with Crippen LogP contribution >= 0.6 is 11.6 Å². The molecule has 0 aliphatic carbocycles. The van der Waals surface area contributed by atoms with E-state index in [9.17, 15) is 0 Å². The first kappa shape index (κ1) is 17.8. The lowest BCUT2D eigenvalue weighted by Crippen LogP contribution is -2.14. The van der Waals surface area contributed by atoms with Gasteiger partial charge >= 0.3 is 0 Å². The Kier molecular flexibility index (Phi) is 7.95.